The molecule has 0 fully saturated rings. The molecular formula is C24H23N3O3. The number of carbonyl (C=O) groups excluding carboxylic acids is 1. The number of fused-ring (bicyclic) bond motifs is 1. The van der Waals surface area contributed by atoms with Crippen LogP contribution in [0.1, 0.15) is 21.7 Å². The number of anilines is 1. The lowest BCUT2D eigenvalue weighted by Crippen LogP contribution is -2.13. The molecule has 6 nitrogen and oxygen atoms in total. The summed E-state index contributed by atoms with van der Waals surface area (Å²) in [7, 11) is 3.10. The maximum Gasteiger partial charge on any atom is 0.259 e. The van der Waals surface area contributed by atoms with E-state index in [9.17, 15) is 4.79 Å². The third-order valence-corrected chi connectivity index (χ3v) is 4.95. The van der Waals surface area contributed by atoms with Crippen LogP contribution in [-0.2, 0) is 12.8 Å². The summed E-state index contributed by atoms with van der Waals surface area (Å²) >= 11 is 0. The van der Waals surface area contributed by atoms with Gasteiger partial charge in [-0.15, -0.1) is 0 Å². The Labute approximate surface area is 174 Å². The predicted octanol–water partition coefficient (Wildman–Crippen LogP) is 4.62. The minimum atomic E-state index is -0.232. The quantitative estimate of drug-likeness (QED) is 0.474. The fourth-order valence-corrected chi connectivity index (χ4v) is 3.33. The fourth-order valence-electron chi connectivity index (χ4n) is 3.33. The maximum absolute atomic E-state index is 12.6. The van der Waals surface area contributed by atoms with Gasteiger partial charge in [-0.1, -0.05) is 24.3 Å². The van der Waals surface area contributed by atoms with Crippen molar-refractivity contribution in [1.82, 2.24) is 9.97 Å². The van der Waals surface area contributed by atoms with Crippen molar-refractivity contribution in [1.29, 1.82) is 0 Å². The summed E-state index contributed by atoms with van der Waals surface area (Å²) in [6.45, 7) is 0. The molecule has 4 rings (SSSR count). The number of ether oxygens (including phenoxy) is 2. The van der Waals surface area contributed by atoms with E-state index in [0.29, 0.717) is 17.1 Å². The molecule has 0 saturated carbocycles. The first-order chi connectivity index (χ1) is 14.7. The van der Waals surface area contributed by atoms with E-state index in [1.54, 1.807) is 25.3 Å². The van der Waals surface area contributed by atoms with Gasteiger partial charge in [-0.3, -0.25) is 4.79 Å². The van der Waals surface area contributed by atoms with Gasteiger partial charge in [0, 0.05) is 18.2 Å². The minimum absolute atomic E-state index is 0.232. The zero-order valence-electron chi connectivity index (χ0n) is 16.9. The van der Waals surface area contributed by atoms with Gasteiger partial charge in [0.25, 0.3) is 5.91 Å². The highest BCUT2D eigenvalue weighted by Gasteiger charge is 2.13. The van der Waals surface area contributed by atoms with Crippen LogP contribution < -0.4 is 14.8 Å². The van der Waals surface area contributed by atoms with Gasteiger partial charge in [-0.25, -0.2) is 4.98 Å². The van der Waals surface area contributed by atoms with Crippen LogP contribution in [0, 0.1) is 0 Å². The monoisotopic (exact) mass is 401 g/mol. The molecule has 0 radical (unpaired) electrons. The first kappa shape index (κ1) is 19.5. The Hall–Kier alpha value is -3.80. The number of H-pyrrole nitrogens is 1. The summed E-state index contributed by atoms with van der Waals surface area (Å²) in [5.41, 5.74) is 4.40. The number of methoxy groups -OCH3 is 2. The highest BCUT2D eigenvalue weighted by atomic mass is 16.5. The average Bonchev–Trinajstić information content (AvgIpc) is 3.21. The molecule has 0 aliphatic heterocycles. The highest BCUT2D eigenvalue weighted by Crippen LogP contribution is 2.25. The Balaban J connectivity index is 1.39. The number of aromatic nitrogens is 2. The van der Waals surface area contributed by atoms with Crippen LogP contribution in [-0.4, -0.2) is 30.1 Å². The van der Waals surface area contributed by atoms with Gasteiger partial charge in [0.15, 0.2) is 0 Å². The van der Waals surface area contributed by atoms with Crippen LogP contribution in [0.5, 0.6) is 11.5 Å². The van der Waals surface area contributed by atoms with E-state index in [0.717, 1.165) is 35.4 Å². The number of hydrogen-bond donors (Lipinski definition) is 2. The first-order valence-electron chi connectivity index (χ1n) is 9.72. The summed E-state index contributed by atoms with van der Waals surface area (Å²) in [4.78, 5) is 20.6. The van der Waals surface area contributed by atoms with Crippen molar-refractivity contribution in [3.05, 3.63) is 83.7 Å². The molecule has 0 atom stereocenters. The van der Waals surface area contributed by atoms with Crippen molar-refractivity contribution in [3.8, 4) is 11.5 Å². The van der Waals surface area contributed by atoms with E-state index >= 15 is 0 Å². The van der Waals surface area contributed by atoms with E-state index in [2.05, 4.69) is 15.3 Å². The maximum atomic E-state index is 12.6. The molecule has 2 N–H and O–H groups in total. The van der Waals surface area contributed by atoms with Crippen LogP contribution in [0.2, 0.25) is 0 Å². The lowest BCUT2D eigenvalue weighted by atomic mass is 10.1. The van der Waals surface area contributed by atoms with Crippen LogP contribution in [0.4, 0.5) is 5.69 Å². The van der Waals surface area contributed by atoms with E-state index < -0.39 is 0 Å². The van der Waals surface area contributed by atoms with Crippen molar-refractivity contribution < 1.29 is 14.3 Å². The number of carbonyl (C=O) groups is 1. The molecular weight excluding hydrogens is 378 g/mol. The Kier molecular flexibility index (Phi) is 5.66. The molecule has 0 bridgehead atoms. The third-order valence-electron chi connectivity index (χ3n) is 4.95. The molecule has 1 aromatic heterocycles. The molecule has 0 aliphatic carbocycles. The van der Waals surface area contributed by atoms with Gasteiger partial charge in [0.1, 0.15) is 17.3 Å². The average molecular weight is 401 g/mol. The van der Waals surface area contributed by atoms with E-state index in [-0.39, 0.29) is 5.91 Å². The number of benzene rings is 3. The molecule has 0 aliphatic rings. The van der Waals surface area contributed by atoms with Crippen molar-refractivity contribution in [2.24, 2.45) is 0 Å². The van der Waals surface area contributed by atoms with Gasteiger partial charge < -0.3 is 19.8 Å². The van der Waals surface area contributed by atoms with Crippen molar-refractivity contribution in [2.45, 2.75) is 12.8 Å². The second-order valence-electron chi connectivity index (χ2n) is 6.92. The number of hydrogen-bond acceptors (Lipinski definition) is 4. The number of amides is 1. The largest absolute Gasteiger partial charge is 0.497 e. The predicted molar refractivity (Wildman–Crippen MR) is 117 cm³/mol. The SMILES string of the molecule is COc1ccc(C(=O)Nc2ccc(CCc3nc4ccccc4[nH]3)cc2)c(OC)c1. The number of para-hydroxylation sites is 2. The lowest BCUT2D eigenvalue weighted by molar-refractivity contribution is 0.102. The minimum Gasteiger partial charge on any atom is -0.497 e. The van der Waals surface area contributed by atoms with E-state index in [1.165, 1.54) is 12.7 Å². The Morgan fingerprint density at radius 3 is 2.50 bits per heavy atom. The van der Waals surface area contributed by atoms with Crippen LogP contribution in [0.3, 0.4) is 0 Å². The molecule has 152 valence electrons. The Bertz CT molecular complexity index is 1130. The highest BCUT2D eigenvalue weighted by molar-refractivity contribution is 6.06. The standard InChI is InChI=1S/C24H23N3O3/c1-29-18-12-13-19(22(15-18)30-2)24(28)25-17-10-7-16(8-11-17)9-14-23-26-20-5-3-4-6-21(20)27-23/h3-8,10-13,15H,9,14H2,1-2H3,(H,25,28)(H,26,27). The second kappa shape index (κ2) is 8.69. The second-order valence-corrected chi connectivity index (χ2v) is 6.92. The summed E-state index contributed by atoms with van der Waals surface area (Å²) < 4.78 is 10.5. The van der Waals surface area contributed by atoms with Crippen molar-refractivity contribution >= 4 is 22.6 Å². The summed E-state index contributed by atoms with van der Waals surface area (Å²) in [5, 5.41) is 2.91. The number of nitrogens with one attached hydrogen (secondary N) is 2. The lowest BCUT2D eigenvalue weighted by Gasteiger charge is -2.11. The zero-order chi connectivity index (χ0) is 20.9. The smallest absolute Gasteiger partial charge is 0.259 e. The Morgan fingerprint density at radius 1 is 0.967 bits per heavy atom. The number of rotatable bonds is 7. The first-order valence-corrected chi connectivity index (χ1v) is 9.72. The molecule has 30 heavy (non-hydrogen) atoms. The van der Waals surface area contributed by atoms with Gasteiger partial charge in [0.2, 0.25) is 0 Å². The molecule has 0 spiro atoms. The van der Waals surface area contributed by atoms with Gasteiger partial charge in [-0.2, -0.15) is 0 Å². The number of aryl methyl sites for hydroxylation is 2. The molecule has 1 amide bonds. The Morgan fingerprint density at radius 2 is 1.77 bits per heavy atom. The molecule has 0 unspecified atom stereocenters. The molecule has 6 heteroatoms. The number of imidazole rings is 1. The fraction of sp³-hybridized carbons (Fsp3) is 0.167. The molecule has 3 aromatic carbocycles. The third kappa shape index (κ3) is 4.27. The van der Waals surface area contributed by atoms with Crippen LogP contribution >= 0.6 is 0 Å². The van der Waals surface area contributed by atoms with Crippen molar-refractivity contribution in [3.63, 3.8) is 0 Å². The van der Waals surface area contributed by atoms with E-state index in [1.807, 2.05) is 48.5 Å². The summed E-state index contributed by atoms with van der Waals surface area (Å²) in [6.07, 6.45) is 1.68. The van der Waals surface area contributed by atoms with Crippen LogP contribution in [0.25, 0.3) is 11.0 Å². The molecule has 0 saturated heterocycles. The zero-order valence-corrected chi connectivity index (χ0v) is 16.9. The van der Waals surface area contributed by atoms with Crippen molar-refractivity contribution in [2.75, 3.05) is 19.5 Å². The molecule has 1 heterocycles. The number of nitrogens with zero attached hydrogens (tertiary/aromatic N) is 1. The normalized spacial score (nSPS) is 10.7. The summed E-state index contributed by atoms with van der Waals surface area (Å²) in [6, 6.07) is 21.0. The molecule has 4 aromatic rings. The van der Waals surface area contributed by atoms with Gasteiger partial charge >= 0.3 is 0 Å². The summed E-state index contributed by atoms with van der Waals surface area (Å²) in [5.74, 6) is 1.84. The topological polar surface area (TPSA) is 76.2 Å². The van der Waals surface area contributed by atoms with E-state index in [4.69, 9.17) is 9.47 Å². The number of aromatic amines is 1. The van der Waals surface area contributed by atoms with Crippen LogP contribution in [0.15, 0.2) is 66.7 Å². The van der Waals surface area contributed by atoms with Gasteiger partial charge in [0.05, 0.1) is 30.8 Å². The van der Waals surface area contributed by atoms with Gasteiger partial charge in [-0.05, 0) is 48.4 Å².